The van der Waals surface area contributed by atoms with Gasteiger partial charge in [-0.1, -0.05) is 0 Å². The molecule has 1 aliphatic heterocycles. The molecular formula is C4H10ClNO. The number of hydrogen-bond acceptors (Lipinski definition) is 2. The molecule has 0 radical (unpaired) electrons. The fourth-order valence-corrected chi connectivity index (χ4v) is 0.470. The van der Waals surface area contributed by atoms with E-state index < -0.39 is 0 Å². The zero-order chi connectivity index (χ0) is 4.41. The summed E-state index contributed by atoms with van der Waals surface area (Å²) < 4.78 is 4.95. The quantitative estimate of drug-likeness (QED) is 0.539. The van der Waals surface area contributed by atoms with Crippen molar-refractivity contribution in [3.05, 3.63) is 0 Å². The van der Waals surface area contributed by atoms with E-state index in [4.69, 9.17) is 10.5 Å². The second-order valence-electron chi connectivity index (χ2n) is 1.52. The van der Waals surface area contributed by atoms with Crippen LogP contribution in [0.25, 0.3) is 0 Å². The van der Waals surface area contributed by atoms with E-state index >= 15 is 0 Å². The average molecular weight is 124 g/mol. The van der Waals surface area contributed by atoms with Crippen LogP contribution in [0, 0.1) is 0 Å². The Morgan fingerprint density at radius 1 is 1.71 bits per heavy atom. The number of nitrogens with two attached hydrogens (primary N) is 1. The molecule has 1 aliphatic rings. The minimum Gasteiger partial charge on any atom is -0.377 e. The van der Waals surface area contributed by atoms with Crippen LogP contribution in [0.15, 0.2) is 0 Å². The molecule has 0 aromatic rings. The van der Waals surface area contributed by atoms with Gasteiger partial charge in [-0.15, -0.1) is 12.4 Å². The number of halogens is 1. The fourth-order valence-electron chi connectivity index (χ4n) is 0.470. The van der Waals surface area contributed by atoms with Gasteiger partial charge in [-0.05, 0) is 6.42 Å². The lowest BCUT2D eigenvalue weighted by molar-refractivity contribution is -0.0435. The molecule has 0 aliphatic carbocycles. The van der Waals surface area contributed by atoms with E-state index in [-0.39, 0.29) is 12.4 Å². The Morgan fingerprint density at radius 2 is 2.29 bits per heavy atom. The zero-order valence-corrected chi connectivity index (χ0v) is 4.91. The first-order valence-electron chi connectivity index (χ1n) is 2.25. The maximum Gasteiger partial charge on any atom is 0.0719 e. The Balaban J connectivity index is 0.000000360. The molecule has 44 valence electrons. The summed E-state index contributed by atoms with van der Waals surface area (Å²) in [5, 5.41) is 0. The van der Waals surface area contributed by atoms with Crippen molar-refractivity contribution < 1.29 is 4.74 Å². The van der Waals surface area contributed by atoms with Gasteiger partial charge in [-0.25, -0.2) is 0 Å². The van der Waals surface area contributed by atoms with Crippen molar-refractivity contribution in [3.8, 4) is 0 Å². The van der Waals surface area contributed by atoms with Gasteiger partial charge in [0.1, 0.15) is 0 Å². The van der Waals surface area contributed by atoms with Crippen LogP contribution in [0.2, 0.25) is 0 Å². The molecule has 0 aromatic carbocycles. The molecule has 0 unspecified atom stereocenters. The van der Waals surface area contributed by atoms with Crippen LogP contribution in [0.4, 0.5) is 0 Å². The van der Waals surface area contributed by atoms with Gasteiger partial charge in [-0.2, -0.15) is 0 Å². The summed E-state index contributed by atoms with van der Waals surface area (Å²) in [7, 11) is 0. The topological polar surface area (TPSA) is 35.2 Å². The Labute approximate surface area is 49.4 Å². The summed E-state index contributed by atoms with van der Waals surface area (Å²) in [6.07, 6.45) is 1.56. The highest BCUT2D eigenvalue weighted by Gasteiger charge is 2.14. The molecule has 0 amide bonds. The molecular weight excluding hydrogens is 114 g/mol. The molecule has 1 atom stereocenters. The van der Waals surface area contributed by atoms with Gasteiger partial charge in [0.25, 0.3) is 0 Å². The minimum absolute atomic E-state index is 0. The van der Waals surface area contributed by atoms with Gasteiger partial charge in [0, 0.05) is 13.2 Å². The largest absolute Gasteiger partial charge is 0.377 e. The van der Waals surface area contributed by atoms with Crippen LogP contribution < -0.4 is 5.73 Å². The lowest BCUT2D eigenvalue weighted by atomic mass is 10.2. The van der Waals surface area contributed by atoms with Gasteiger partial charge < -0.3 is 10.5 Å². The highest BCUT2D eigenvalue weighted by Crippen LogP contribution is 2.07. The molecule has 7 heavy (non-hydrogen) atoms. The molecule has 0 saturated carbocycles. The highest BCUT2D eigenvalue weighted by atomic mass is 35.5. The van der Waals surface area contributed by atoms with E-state index in [0.717, 1.165) is 13.0 Å². The third-order valence-electron chi connectivity index (χ3n) is 1.06. The van der Waals surface area contributed by atoms with E-state index in [1.54, 1.807) is 0 Å². The van der Waals surface area contributed by atoms with Crippen molar-refractivity contribution >= 4 is 12.4 Å². The summed E-state index contributed by atoms with van der Waals surface area (Å²) in [5.41, 5.74) is 5.21. The average Bonchev–Trinajstić information content (AvgIpc) is 1.31. The van der Waals surface area contributed by atoms with Crippen LogP contribution in [0.1, 0.15) is 6.42 Å². The lowest BCUT2D eigenvalue weighted by Crippen LogP contribution is -2.33. The van der Waals surface area contributed by atoms with Gasteiger partial charge >= 0.3 is 0 Å². The monoisotopic (exact) mass is 123 g/mol. The SMILES string of the molecule is Cl.NC[C@H]1CCO1. The summed E-state index contributed by atoms with van der Waals surface area (Å²) in [4.78, 5) is 0. The van der Waals surface area contributed by atoms with Crippen LogP contribution >= 0.6 is 12.4 Å². The molecule has 1 saturated heterocycles. The fraction of sp³-hybridized carbons (Fsp3) is 1.00. The van der Waals surface area contributed by atoms with E-state index in [0.29, 0.717) is 12.6 Å². The molecule has 0 spiro atoms. The van der Waals surface area contributed by atoms with Gasteiger partial charge in [0.15, 0.2) is 0 Å². The van der Waals surface area contributed by atoms with Crippen molar-refractivity contribution in [2.45, 2.75) is 12.5 Å². The summed E-state index contributed by atoms with van der Waals surface area (Å²) >= 11 is 0. The molecule has 1 heterocycles. The Kier molecular flexibility index (Phi) is 3.34. The molecule has 3 heteroatoms. The molecule has 0 aromatic heterocycles. The van der Waals surface area contributed by atoms with Crippen LogP contribution in [0.3, 0.4) is 0 Å². The summed E-state index contributed by atoms with van der Waals surface area (Å²) in [5.74, 6) is 0. The van der Waals surface area contributed by atoms with Gasteiger partial charge in [0.2, 0.25) is 0 Å². The first-order chi connectivity index (χ1) is 2.93. The lowest BCUT2D eigenvalue weighted by Gasteiger charge is -2.24. The Hall–Kier alpha value is 0.210. The number of rotatable bonds is 1. The Morgan fingerprint density at radius 3 is 2.29 bits per heavy atom. The third kappa shape index (κ3) is 1.63. The maximum absolute atomic E-state index is 5.21. The highest BCUT2D eigenvalue weighted by molar-refractivity contribution is 5.85. The molecule has 2 nitrogen and oxygen atoms in total. The minimum atomic E-state index is 0. The molecule has 1 fully saturated rings. The Bertz CT molecular complexity index is 44.2. The molecule has 1 rings (SSSR count). The standard InChI is InChI=1S/C4H9NO.ClH/c5-3-4-1-2-6-4;/h4H,1-3,5H2;1H/t4-;/m1./s1. The predicted octanol–water partition coefficient (Wildman–Crippen LogP) is 0.156. The van der Waals surface area contributed by atoms with Crippen LogP contribution in [-0.2, 0) is 4.74 Å². The van der Waals surface area contributed by atoms with Crippen molar-refractivity contribution in [2.75, 3.05) is 13.2 Å². The van der Waals surface area contributed by atoms with E-state index in [9.17, 15) is 0 Å². The predicted molar refractivity (Wildman–Crippen MR) is 30.7 cm³/mol. The second-order valence-corrected chi connectivity index (χ2v) is 1.52. The van der Waals surface area contributed by atoms with Crippen molar-refractivity contribution in [2.24, 2.45) is 5.73 Å². The van der Waals surface area contributed by atoms with Crippen LogP contribution in [-0.4, -0.2) is 19.3 Å². The zero-order valence-electron chi connectivity index (χ0n) is 4.09. The smallest absolute Gasteiger partial charge is 0.0719 e. The number of ether oxygens (including phenoxy) is 1. The maximum atomic E-state index is 5.21. The van der Waals surface area contributed by atoms with Crippen molar-refractivity contribution in [3.63, 3.8) is 0 Å². The normalized spacial score (nSPS) is 27.9. The summed E-state index contributed by atoms with van der Waals surface area (Å²) in [6.45, 7) is 1.61. The first-order valence-corrected chi connectivity index (χ1v) is 2.25. The summed E-state index contributed by atoms with van der Waals surface area (Å²) in [6, 6.07) is 0. The number of hydrogen-bond donors (Lipinski definition) is 1. The first kappa shape index (κ1) is 7.21. The second kappa shape index (κ2) is 3.24. The van der Waals surface area contributed by atoms with Crippen LogP contribution in [0.5, 0.6) is 0 Å². The van der Waals surface area contributed by atoms with Crippen molar-refractivity contribution in [1.82, 2.24) is 0 Å². The van der Waals surface area contributed by atoms with E-state index in [2.05, 4.69) is 0 Å². The van der Waals surface area contributed by atoms with Gasteiger partial charge in [0.05, 0.1) is 6.10 Å². The van der Waals surface area contributed by atoms with Crippen molar-refractivity contribution in [1.29, 1.82) is 0 Å². The molecule has 0 bridgehead atoms. The van der Waals surface area contributed by atoms with E-state index in [1.807, 2.05) is 0 Å². The third-order valence-corrected chi connectivity index (χ3v) is 1.06. The van der Waals surface area contributed by atoms with Gasteiger partial charge in [-0.3, -0.25) is 0 Å². The van der Waals surface area contributed by atoms with E-state index in [1.165, 1.54) is 0 Å². The molecule has 2 N–H and O–H groups in total.